The van der Waals surface area contributed by atoms with Crippen molar-refractivity contribution < 1.29 is 9.90 Å². The number of phenolic OH excluding ortho intramolecular Hbond substituents is 1. The van der Waals surface area contributed by atoms with E-state index in [4.69, 9.17) is 5.11 Å². The van der Waals surface area contributed by atoms with Crippen LogP contribution in [0.5, 0.6) is 5.75 Å². The second-order valence-electron chi connectivity index (χ2n) is 3.70. The summed E-state index contributed by atoms with van der Waals surface area (Å²) in [7, 11) is 1.77. The summed E-state index contributed by atoms with van der Waals surface area (Å²) in [6.07, 6.45) is 0. The van der Waals surface area contributed by atoms with Crippen molar-refractivity contribution in [3.8, 4) is 5.75 Å². The molecule has 0 bridgehead atoms. The van der Waals surface area contributed by atoms with Gasteiger partial charge in [0.15, 0.2) is 0 Å². The lowest BCUT2D eigenvalue weighted by molar-refractivity contribution is -0.129. The molecule has 0 spiro atoms. The Morgan fingerprint density at radius 2 is 2.00 bits per heavy atom. The second-order valence-corrected chi connectivity index (χ2v) is 3.70. The van der Waals surface area contributed by atoms with E-state index in [0.717, 1.165) is 12.1 Å². The van der Waals surface area contributed by atoms with Crippen LogP contribution in [0.1, 0.15) is 12.5 Å². The van der Waals surface area contributed by atoms with Crippen molar-refractivity contribution in [1.29, 1.82) is 0 Å². The summed E-state index contributed by atoms with van der Waals surface area (Å²) in [4.78, 5) is 13.2. The molecule has 0 fully saturated rings. The number of hydrogen-bond donors (Lipinski definition) is 2. The summed E-state index contributed by atoms with van der Waals surface area (Å²) < 4.78 is 0. The van der Waals surface area contributed by atoms with Gasteiger partial charge in [0.1, 0.15) is 5.75 Å². The van der Waals surface area contributed by atoms with Gasteiger partial charge in [0.2, 0.25) is 5.91 Å². The fourth-order valence-electron chi connectivity index (χ4n) is 1.33. The summed E-state index contributed by atoms with van der Waals surface area (Å²) in [6.45, 7) is 3.68. The fourth-order valence-corrected chi connectivity index (χ4v) is 1.33. The Balaban J connectivity index is 2.47. The highest BCUT2D eigenvalue weighted by atomic mass is 16.3. The molecule has 1 aromatic rings. The van der Waals surface area contributed by atoms with Gasteiger partial charge in [-0.25, -0.2) is 0 Å². The Bertz CT molecular complexity index is 335. The van der Waals surface area contributed by atoms with Crippen molar-refractivity contribution in [2.75, 3.05) is 20.1 Å². The van der Waals surface area contributed by atoms with Crippen molar-refractivity contribution in [1.82, 2.24) is 10.2 Å². The van der Waals surface area contributed by atoms with Crippen LogP contribution >= 0.6 is 0 Å². The zero-order valence-corrected chi connectivity index (χ0v) is 9.73. The molecule has 4 heteroatoms. The first kappa shape index (κ1) is 12.5. The maximum absolute atomic E-state index is 11.6. The van der Waals surface area contributed by atoms with E-state index < -0.39 is 0 Å². The van der Waals surface area contributed by atoms with E-state index in [2.05, 4.69) is 5.32 Å². The molecule has 0 radical (unpaired) electrons. The van der Waals surface area contributed by atoms with Crippen molar-refractivity contribution in [2.24, 2.45) is 0 Å². The summed E-state index contributed by atoms with van der Waals surface area (Å²) in [6, 6.07) is 6.87. The predicted molar refractivity (Wildman–Crippen MR) is 63.1 cm³/mol. The van der Waals surface area contributed by atoms with Crippen LogP contribution < -0.4 is 5.32 Å². The summed E-state index contributed by atoms with van der Waals surface area (Å²) in [5, 5.41) is 12.1. The SMILES string of the molecule is CCNCC(=O)N(C)Cc1ccc(O)cc1. The standard InChI is InChI=1S/C12H18N2O2/c1-3-13-8-12(16)14(2)9-10-4-6-11(15)7-5-10/h4-7,13,15H,3,8-9H2,1-2H3. The number of likely N-dealkylation sites (N-methyl/N-ethyl adjacent to an activating group) is 2. The van der Waals surface area contributed by atoms with Crippen LogP contribution in [-0.2, 0) is 11.3 Å². The zero-order valence-electron chi connectivity index (χ0n) is 9.73. The quantitative estimate of drug-likeness (QED) is 0.780. The predicted octanol–water partition coefficient (Wildman–Crippen LogP) is 0.960. The van der Waals surface area contributed by atoms with Crippen LogP contribution in [0.15, 0.2) is 24.3 Å². The average Bonchev–Trinajstić information content (AvgIpc) is 2.29. The average molecular weight is 222 g/mol. The molecular weight excluding hydrogens is 204 g/mol. The first-order valence-electron chi connectivity index (χ1n) is 5.36. The number of hydrogen-bond acceptors (Lipinski definition) is 3. The van der Waals surface area contributed by atoms with Crippen LogP contribution in [0.2, 0.25) is 0 Å². The zero-order chi connectivity index (χ0) is 12.0. The third kappa shape index (κ3) is 3.90. The van der Waals surface area contributed by atoms with Crippen molar-refractivity contribution in [3.05, 3.63) is 29.8 Å². The Hall–Kier alpha value is -1.55. The van der Waals surface area contributed by atoms with Gasteiger partial charge in [-0.2, -0.15) is 0 Å². The van der Waals surface area contributed by atoms with Gasteiger partial charge in [-0.05, 0) is 24.2 Å². The van der Waals surface area contributed by atoms with E-state index in [9.17, 15) is 4.79 Å². The molecule has 0 aromatic heterocycles. The number of benzene rings is 1. The van der Waals surface area contributed by atoms with Crippen molar-refractivity contribution in [3.63, 3.8) is 0 Å². The van der Waals surface area contributed by atoms with Crippen LogP contribution in [-0.4, -0.2) is 36.1 Å². The first-order valence-corrected chi connectivity index (χ1v) is 5.36. The van der Waals surface area contributed by atoms with Crippen molar-refractivity contribution >= 4 is 5.91 Å². The number of nitrogens with one attached hydrogen (secondary N) is 1. The topological polar surface area (TPSA) is 52.6 Å². The van der Waals surface area contributed by atoms with E-state index in [1.165, 1.54) is 0 Å². The maximum atomic E-state index is 11.6. The molecule has 16 heavy (non-hydrogen) atoms. The Morgan fingerprint density at radius 3 is 2.56 bits per heavy atom. The first-order chi connectivity index (χ1) is 7.63. The Labute approximate surface area is 95.9 Å². The molecule has 88 valence electrons. The van der Waals surface area contributed by atoms with Gasteiger partial charge >= 0.3 is 0 Å². The lowest BCUT2D eigenvalue weighted by atomic mass is 10.2. The Kier molecular flexibility index (Phi) is 4.79. The summed E-state index contributed by atoms with van der Waals surface area (Å²) in [5.41, 5.74) is 1.00. The second kappa shape index (κ2) is 6.12. The minimum Gasteiger partial charge on any atom is -0.508 e. The van der Waals surface area contributed by atoms with Gasteiger partial charge in [0.05, 0.1) is 6.54 Å². The normalized spacial score (nSPS) is 10.1. The molecule has 1 amide bonds. The molecule has 2 N–H and O–H groups in total. The number of aromatic hydroxyl groups is 1. The molecule has 0 aliphatic carbocycles. The molecular formula is C12H18N2O2. The highest BCUT2D eigenvalue weighted by Gasteiger charge is 2.07. The molecule has 0 saturated heterocycles. The van der Waals surface area contributed by atoms with Gasteiger partial charge < -0.3 is 15.3 Å². The molecule has 0 aliphatic rings. The van der Waals surface area contributed by atoms with E-state index in [1.807, 2.05) is 19.1 Å². The van der Waals surface area contributed by atoms with E-state index in [1.54, 1.807) is 24.1 Å². The maximum Gasteiger partial charge on any atom is 0.236 e. The minimum atomic E-state index is 0.0647. The smallest absolute Gasteiger partial charge is 0.236 e. The lowest BCUT2D eigenvalue weighted by Gasteiger charge is -2.17. The fraction of sp³-hybridized carbons (Fsp3) is 0.417. The summed E-state index contributed by atoms with van der Waals surface area (Å²) >= 11 is 0. The van der Waals surface area contributed by atoms with Gasteiger partial charge in [-0.1, -0.05) is 19.1 Å². The van der Waals surface area contributed by atoms with Gasteiger partial charge in [0, 0.05) is 13.6 Å². The molecule has 0 saturated carbocycles. The van der Waals surface area contributed by atoms with Crippen LogP contribution in [0.3, 0.4) is 0 Å². The van der Waals surface area contributed by atoms with Crippen molar-refractivity contribution in [2.45, 2.75) is 13.5 Å². The third-order valence-corrected chi connectivity index (χ3v) is 2.31. The lowest BCUT2D eigenvalue weighted by Crippen LogP contribution is -2.35. The van der Waals surface area contributed by atoms with Crippen LogP contribution in [0.4, 0.5) is 0 Å². The molecule has 0 aliphatic heterocycles. The third-order valence-electron chi connectivity index (χ3n) is 2.31. The van der Waals surface area contributed by atoms with Crippen LogP contribution in [0.25, 0.3) is 0 Å². The monoisotopic (exact) mass is 222 g/mol. The van der Waals surface area contributed by atoms with E-state index >= 15 is 0 Å². The molecule has 0 unspecified atom stereocenters. The number of amides is 1. The number of rotatable bonds is 5. The highest BCUT2D eigenvalue weighted by molar-refractivity contribution is 5.77. The molecule has 1 rings (SSSR count). The van der Waals surface area contributed by atoms with Gasteiger partial charge in [-0.3, -0.25) is 4.79 Å². The highest BCUT2D eigenvalue weighted by Crippen LogP contribution is 2.10. The van der Waals surface area contributed by atoms with E-state index in [0.29, 0.717) is 13.1 Å². The largest absolute Gasteiger partial charge is 0.508 e. The molecule has 0 heterocycles. The number of phenols is 1. The molecule has 4 nitrogen and oxygen atoms in total. The summed E-state index contributed by atoms with van der Waals surface area (Å²) in [5.74, 6) is 0.306. The molecule has 1 aromatic carbocycles. The van der Waals surface area contributed by atoms with Gasteiger partial charge in [-0.15, -0.1) is 0 Å². The Morgan fingerprint density at radius 1 is 1.38 bits per heavy atom. The number of carbonyl (C=O) groups excluding carboxylic acids is 1. The van der Waals surface area contributed by atoms with Gasteiger partial charge in [0.25, 0.3) is 0 Å². The number of carbonyl (C=O) groups is 1. The van der Waals surface area contributed by atoms with Crippen LogP contribution in [0, 0.1) is 0 Å². The molecule has 0 atom stereocenters. The number of nitrogens with zero attached hydrogens (tertiary/aromatic N) is 1. The minimum absolute atomic E-state index is 0.0647. The van der Waals surface area contributed by atoms with E-state index in [-0.39, 0.29) is 11.7 Å².